The Balaban J connectivity index is 2.51. The minimum absolute atomic E-state index is 0.903. The van der Waals surface area contributed by atoms with Crippen molar-refractivity contribution in [3.8, 4) is 0 Å². The number of hydrogen-bond acceptors (Lipinski definition) is 7. The van der Waals surface area contributed by atoms with Crippen LogP contribution in [-0.4, -0.2) is 6.54 Å². The van der Waals surface area contributed by atoms with Gasteiger partial charge in [-0.2, -0.15) is 0 Å². The molecule has 0 aliphatic carbocycles. The zero-order chi connectivity index (χ0) is 10.8. The molecule has 0 amide bonds. The van der Waals surface area contributed by atoms with Gasteiger partial charge in [0.05, 0.1) is 11.4 Å². The molecule has 1 nitrogen and oxygen atoms in total. The highest BCUT2D eigenvalue weighted by molar-refractivity contribution is 7.80. The predicted molar refractivity (Wildman–Crippen MR) is 78.7 cm³/mol. The maximum Gasteiger partial charge on any atom is 0.125 e. The van der Waals surface area contributed by atoms with Gasteiger partial charge in [-0.15, -0.1) is 0 Å². The highest BCUT2D eigenvalue weighted by atomic mass is 32.9. The van der Waals surface area contributed by atoms with Crippen LogP contribution in [0.15, 0.2) is 10.8 Å². The molecule has 0 fully saturated rings. The zero-order valence-electron chi connectivity index (χ0n) is 7.76. The van der Waals surface area contributed by atoms with E-state index in [4.69, 9.17) is 24.4 Å². The maximum atomic E-state index is 5.31. The second-order valence-corrected chi connectivity index (χ2v) is 8.18. The summed E-state index contributed by atoms with van der Waals surface area (Å²) in [6.07, 6.45) is 0. The number of anilines is 2. The standard InChI is InChI=1S/C8H7NS6/c1-2-9(5-3-12-14-7(5)10)6-4-13-15-8(6)11/h3-4H,2H2,1H3. The molecule has 0 unspecified atom stereocenters. The van der Waals surface area contributed by atoms with Crippen molar-refractivity contribution in [3.05, 3.63) is 18.4 Å². The van der Waals surface area contributed by atoms with Gasteiger partial charge in [-0.05, 0) is 6.92 Å². The summed E-state index contributed by atoms with van der Waals surface area (Å²) in [5.74, 6) is 0. The third-order valence-corrected chi connectivity index (χ3v) is 7.14. The van der Waals surface area contributed by atoms with Gasteiger partial charge in [-0.1, -0.05) is 65.8 Å². The van der Waals surface area contributed by atoms with Crippen LogP contribution in [0, 0.1) is 7.65 Å². The Bertz CT molecular complexity index is 495. The van der Waals surface area contributed by atoms with Crippen molar-refractivity contribution in [2.75, 3.05) is 11.4 Å². The quantitative estimate of drug-likeness (QED) is 0.540. The van der Waals surface area contributed by atoms with Crippen LogP contribution >= 0.6 is 65.8 Å². The van der Waals surface area contributed by atoms with Crippen LogP contribution in [0.2, 0.25) is 0 Å². The number of rotatable bonds is 3. The van der Waals surface area contributed by atoms with Crippen molar-refractivity contribution in [3.63, 3.8) is 0 Å². The molecule has 2 aromatic rings. The molecule has 0 spiro atoms. The molecule has 0 aliphatic heterocycles. The minimum Gasteiger partial charge on any atom is -0.337 e. The van der Waals surface area contributed by atoms with Gasteiger partial charge in [0.15, 0.2) is 0 Å². The maximum absolute atomic E-state index is 5.31. The molecule has 2 aromatic heterocycles. The first-order valence-corrected chi connectivity index (χ1v) is 9.41. The number of hydrogen-bond donors (Lipinski definition) is 0. The van der Waals surface area contributed by atoms with E-state index < -0.39 is 0 Å². The topological polar surface area (TPSA) is 3.24 Å². The summed E-state index contributed by atoms with van der Waals surface area (Å²) in [7, 11) is 6.64. The average molecular weight is 310 g/mol. The lowest BCUT2D eigenvalue weighted by Gasteiger charge is -2.18. The van der Waals surface area contributed by atoms with Crippen molar-refractivity contribution in [2.45, 2.75) is 6.92 Å². The summed E-state index contributed by atoms with van der Waals surface area (Å²) in [6.45, 7) is 3.02. The van der Waals surface area contributed by atoms with Gasteiger partial charge < -0.3 is 4.90 Å². The minimum atomic E-state index is 0.903. The summed E-state index contributed by atoms with van der Waals surface area (Å²) in [5, 5.41) is 4.21. The fourth-order valence-electron chi connectivity index (χ4n) is 1.23. The highest BCUT2D eigenvalue weighted by Crippen LogP contribution is 2.35. The van der Waals surface area contributed by atoms with Gasteiger partial charge in [0, 0.05) is 17.3 Å². The molecule has 0 radical (unpaired) electrons. The SMILES string of the molecule is CCN(c1cssc1=S)c1cssc1=S. The van der Waals surface area contributed by atoms with Crippen molar-refractivity contribution in [2.24, 2.45) is 0 Å². The molecule has 0 N–H and O–H groups in total. The lowest BCUT2D eigenvalue weighted by molar-refractivity contribution is 1.03. The Morgan fingerprint density at radius 2 is 1.53 bits per heavy atom. The fraction of sp³-hybridized carbons (Fsp3) is 0.250. The Labute approximate surface area is 113 Å². The van der Waals surface area contributed by atoms with E-state index in [0.717, 1.165) is 25.6 Å². The van der Waals surface area contributed by atoms with Crippen LogP contribution in [0.4, 0.5) is 11.4 Å². The van der Waals surface area contributed by atoms with Crippen molar-refractivity contribution >= 4 is 77.2 Å². The van der Waals surface area contributed by atoms with E-state index in [2.05, 4.69) is 22.6 Å². The van der Waals surface area contributed by atoms with E-state index in [1.807, 2.05) is 0 Å². The lowest BCUT2D eigenvalue weighted by atomic mass is 10.4. The molecule has 0 bridgehead atoms. The van der Waals surface area contributed by atoms with E-state index in [9.17, 15) is 0 Å². The van der Waals surface area contributed by atoms with Gasteiger partial charge in [0.1, 0.15) is 7.65 Å². The molecule has 2 heterocycles. The van der Waals surface area contributed by atoms with Crippen LogP contribution in [0.25, 0.3) is 0 Å². The molecule has 0 saturated carbocycles. The molecule has 0 saturated heterocycles. The Kier molecular flexibility index (Phi) is 4.03. The summed E-state index contributed by atoms with van der Waals surface area (Å²) in [5.41, 5.74) is 2.25. The normalized spacial score (nSPS) is 10.5. The third kappa shape index (κ3) is 2.37. The predicted octanol–water partition coefficient (Wildman–Crippen LogP) is 5.55. The van der Waals surface area contributed by atoms with Crippen molar-refractivity contribution < 1.29 is 0 Å². The van der Waals surface area contributed by atoms with Crippen LogP contribution in [0.5, 0.6) is 0 Å². The fourth-order valence-corrected chi connectivity index (χ4v) is 5.89. The largest absolute Gasteiger partial charge is 0.337 e. The summed E-state index contributed by atoms with van der Waals surface area (Å²) in [6, 6.07) is 0. The second-order valence-electron chi connectivity index (χ2n) is 2.68. The van der Waals surface area contributed by atoms with Crippen LogP contribution in [-0.2, 0) is 0 Å². The van der Waals surface area contributed by atoms with E-state index >= 15 is 0 Å². The molecule has 2 rings (SSSR count). The summed E-state index contributed by atoms with van der Waals surface area (Å²) < 4.78 is 1.90. The van der Waals surface area contributed by atoms with Crippen LogP contribution < -0.4 is 4.90 Å². The molecular formula is C8H7NS6. The highest BCUT2D eigenvalue weighted by Gasteiger charge is 2.12. The first-order valence-electron chi connectivity index (χ1n) is 4.17. The van der Waals surface area contributed by atoms with Crippen molar-refractivity contribution in [1.29, 1.82) is 0 Å². The second kappa shape index (κ2) is 5.11. The Morgan fingerprint density at radius 1 is 1.07 bits per heavy atom. The third-order valence-electron chi connectivity index (χ3n) is 1.88. The molecule has 0 aromatic carbocycles. The molecule has 15 heavy (non-hydrogen) atoms. The van der Waals surface area contributed by atoms with Gasteiger partial charge in [-0.3, -0.25) is 0 Å². The lowest BCUT2D eigenvalue weighted by Crippen LogP contribution is -2.14. The van der Waals surface area contributed by atoms with E-state index in [1.54, 1.807) is 41.4 Å². The van der Waals surface area contributed by atoms with Gasteiger partial charge >= 0.3 is 0 Å². The van der Waals surface area contributed by atoms with Crippen LogP contribution in [0.1, 0.15) is 6.92 Å². The van der Waals surface area contributed by atoms with E-state index in [1.165, 1.54) is 0 Å². The van der Waals surface area contributed by atoms with Gasteiger partial charge in [-0.25, -0.2) is 0 Å². The van der Waals surface area contributed by atoms with Gasteiger partial charge in [0.2, 0.25) is 0 Å². The molecule has 7 heteroatoms. The zero-order valence-corrected chi connectivity index (χ0v) is 12.7. The number of nitrogens with zero attached hydrogens (tertiary/aromatic N) is 1. The Hall–Kier alpha value is 0.340. The summed E-state index contributed by atoms with van der Waals surface area (Å²) in [4.78, 5) is 2.20. The smallest absolute Gasteiger partial charge is 0.125 e. The molecule has 80 valence electrons. The summed E-state index contributed by atoms with van der Waals surface area (Å²) >= 11 is 10.6. The van der Waals surface area contributed by atoms with E-state index in [0.29, 0.717) is 0 Å². The Morgan fingerprint density at radius 3 is 1.80 bits per heavy atom. The molecule has 0 atom stereocenters. The average Bonchev–Trinajstić information content (AvgIpc) is 2.80. The van der Waals surface area contributed by atoms with Crippen LogP contribution in [0.3, 0.4) is 0 Å². The van der Waals surface area contributed by atoms with Gasteiger partial charge in [0.25, 0.3) is 0 Å². The monoisotopic (exact) mass is 309 g/mol. The molecule has 0 aliphatic rings. The first-order chi connectivity index (χ1) is 7.24. The van der Waals surface area contributed by atoms with Crippen molar-refractivity contribution in [1.82, 2.24) is 0 Å². The molecular weight excluding hydrogens is 302 g/mol. The first kappa shape index (κ1) is 11.8. The van der Waals surface area contributed by atoms with E-state index in [-0.39, 0.29) is 0 Å².